The fourth-order valence-electron chi connectivity index (χ4n) is 2.28. The zero-order valence-corrected chi connectivity index (χ0v) is 11.7. The van der Waals surface area contributed by atoms with Gasteiger partial charge in [-0.2, -0.15) is 0 Å². The third-order valence-electron chi connectivity index (χ3n) is 3.64. The largest absolute Gasteiger partial charge is 0.493 e. The summed E-state index contributed by atoms with van der Waals surface area (Å²) in [5.74, 6) is 1.02. The molecule has 2 rings (SSSR count). The van der Waals surface area contributed by atoms with E-state index in [1.807, 2.05) is 20.0 Å². The van der Waals surface area contributed by atoms with Crippen LogP contribution in [0.5, 0.6) is 5.75 Å². The van der Waals surface area contributed by atoms with Gasteiger partial charge in [0.1, 0.15) is 5.75 Å². The van der Waals surface area contributed by atoms with Crippen molar-refractivity contribution < 1.29 is 9.53 Å². The predicted octanol–water partition coefficient (Wildman–Crippen LogP) is 1.22. The fourth-order valence-corrected chi connectivity index (χ4v) is 2.28. The van der Waals surface area contributed by atoms with Crippen LogP contribution in [0.25, 0.3) is 0 Å². The molecule has 1 aliphatic rings. The van der Waals surface area contributed by atoms with E-state index < -0.39 is 0 Å². The number of hydrogen-bond donors (Lipinski definition) is 1. The van der Waals surface area contributed by atoms with Crippen LogP contribution in [0.1, 0.15) is 18.1 Å². The lowest BCUT2D eigenvalue weighted by Crippen LogP contribution is -2.36. The van der Waals surface area contributed by atoms with E-state index in [9.17, 15) is 4.79 Å². The van der Waals surface area contributed by atoms with Crippen molar-refractivity contribution in [1.82, 2.24) is 4.90 Å². The Labute approximate surface area is 114 Å². The molecular formula is C15H22N2O2. The van der Waals surface area contributed by atoms with Crippen molar-refractivity contribution in [2.45, 2.75) is 19.8 Å². The normalized spacial score (nSPS) is 14.7. The zero-order valence-electron chi connectivity index (χ0n) is 11.7. The maximum atomic E-state index is 11.9. The number of nitrogens with zero attached hydrogens (tertiary/aromatic N) is 1. The molecule has 1 aromatic rings. The Morgan fingerprint density at radius 1 is 1.53 bits per heavy atom. The lowest BCUT2D eigenvalue weighted by Gasteiger charge is -2.20. The van der Waals surface area contributed by atoms with E-state index in [4.69, 9.17) is 10.5 Å². The summed E-state index contributed by atoms with van der Waals surface area (Å²) in [6.45, 7) is 3.78. The molecule has 0 bridgehead atoms. The van der Waals surface area contributed by atoms with Crippen molar-refractivity contribution in [3.05, 3.63) is 29.3 Å². The van der Waals surface area contributed by atoms with Gasteiger partial charge in [0.2, 0.25) is 5.91 Å². The van der Waals surface area contributed by atoms with E-state index in [2.05, 4.69) is 12.1 Å². The first-order chi connectivity index (χ1) is 9.11. The van der Waals surface area contributed by atoms with Crippen LogP contribution < -0.4 is 10.5 Å². The molecule has 1 heterocycles. The summed E-state index contributed by atoms with van der Waals surface area (Å²) in [5, 5.41) is 0. The van der Waals surface area contributed by atoms with E-state index in [0.29, 0.717) is 6.54 Å². The van der Waals surface area contributed by atoms with Gasteiger partial charge in [-0.15, -0.1) is 0 Å². The lowest BCUT2D eigenvalue weighted by molar-refractivity contribution is -0.133. The summed E-state index contributed by atoms with van der Waals surface area (Å²) < 4.78 is 5.48. The van der Waals surface area contributed by atoms with E-state index >= 15 is 0 Å². The second-order valence-electron chi connectivity index (χ2n) is 5.19. The summed E-state index contributed by atoms with van der Waals surface area (Å²) in [7, 11) is 1.84. The second-order valence-corrected chi connectivity index (χ2v) is 5.19. The van der Waals surface area contributed by atoms with E-state index in [1.54, 1.807) is 4.90 Å². The zero-order chi connectivity index (χ0) is 13.8. The first-order valence-corrected chi connectivity index (χ1v) is 6.81. The average molecular weight is 262 g/mol. The van der Waals surface area contributed by atoms with E-state index in [1.165, 1.54) is 11.1 Å². The number of rotatable bonds is 5. The molecule has 104 valence electrons. The third kappa shape index (κ3) is 3.26. The Kier molecular flexibility index (Phi) is 4.43. The molecule has 0 radical (unpaired) electrons. The number of carbonyl (C=O) groups is 1. The number of benzene rings is 1. The number of nitrogens with two attached hydrogens (primary N) is 1. The number of likely N-dealkylation sites (N-methyl/N-ethyl adjacent to an activating group) is 1. The topological polar surface area (TPSA) is 55.6 Å². The first-order valence-electron chi connectivity index (χ1n) is 6.81. The summed E-state index contributed by atoms with van der Waals surface area (Å²) in [5.41, 5.74) is 8.05. The van der Waals surface area contributed by atoms with Gasteiger partial charge < -0.3 is 15.4 Å². The van der Waals surface area contributed by atoms with E-state index in [-0.39, 0.29) is 11.8 Å². The van der Waals surface area contributed by atoms with Gasteiger partial charge in [0.25, 0.3) is 0 Å². The van der Waals surface area contributed by atoms with Crippen molar-refractivity contribution in [3.8, 4) is 5.75 Å². The molecule has 0 spiro atoms. The highest BCUT2D eigenvalue weighted by molar-refractivity contribution is 5.78. The van der Waals surface area contributed by atoms with Gasteiger partial charge in [0, 0.05) is 32.5 Å². The van der Waals surface area contributed by atoms with Crippen molar-refractivity contribution in [2.75, 3.05) is 26.7 Å². The Balaban J connectivity index is 1.90. The predicted molar refractivity (Wildman–Crippen MR) is 75.2 cm³/mol. The number of fused-ring (bicyclic) bond motifs is 1. The van der Waals surface area contributed by atoms with Crippen LogP contribution in [-0.2, 0) is 17.6 Å². The minimum Gasteiger partial charge on any atom is -0.493 e. The summed E-state index contributed by atoms with van der Waals surface area (Å²) in [4.78, 5) is 13.7. The van der Waals surface area contributed by atoms with Gasteiger partial charge in [-0.1, -0.05) is 19.1 Å². The number of carbonyl (C=O) groups excluding carboxylic acids is 1. The molecule has 0 saturated heterocycles. The van der Waals surface area contributed by atoms with Crippen LogP contribution in [0.3, 0.4) is 0 Å². The first kappa shape index (κ1) is 13.9. The maximum Gasteiger partial charge on any atom is 0.226 e. The molecule has 0 aliphatic carbocycles. The molecule has 0 fully saturated rings. The molecule has 4 heteroatoms. The summed E-state index contributed by atoms with van der Waals surface area (Å²) in [6, 6.07) is 6.30. The average Bonchev–Trinajstić information content (AvgIpc) is 2.90. The van der Waals surface area contributed by atoms with Crippen LogP contribution in [0.2, 0.25) is 0 Å². The van der Waals surface area contributed by atoms with Gasteiger partial charge in [-0.25, -0.2) is 0 Å². The van der Waals surface area contributed by atoms with Crippen molar-refractivity contribution in [3.63, 3.8) is 0 Å². The maximum absolute atomic E-state index is 11.9. The monoisotopic (exact) mass is 262 g/mol. The molecule has 4 nitrogen and oxygen atoms in total. The minimum atomic E-state index is -0.0987. The molecule has 0 saturated carbocycles. The van der Waals surface area contributed by atoms with Crippen LogP contribution in [0.15, 0.2) is 18.2 Å². The lowest BCUT2D eigenvalue weighted by atomic mass is 10.1. The summed E-state index contributed by atoms with van der Waals surface area (Å²) in [6.07, 6.45) is 1.86. The molecule has 1 amide bonds. The molecular weight excluding hydrogens is 240 g/mol. The highest BCUT2D eigenvalue weighted by Crippen LogP contribution is 2.26. The Morgan fingerprint density at radius 3 is 3.05 bits per heavy atom. The SMILES string of the molecule is CC(CN)C(=O)N(C)CCc1ccc2c(c1)CCO2. The highest BCUT2D eigenvalue weighted by atomic mass is 16.5. The Hall–Kier alpha value is -1.55. The smallest absolute Gasteiger partial charge is 0.226 e. The molecule has 1 aromatic carbocycles. The minimum absolute atomic E-state index is 0.0987. The Bertz CT molecular complexity index is 459. The van der Waals surface area contributed by atoms with Crippen LogP contribution >= 0.6 is 0 Å². The molecule has 2 N–H and O–H groups in total. The van der Waals surface area contributed by atoms with Crippen molar-refractivity contribution in [2.24, 2.45) is 11.7 Å². The molecule has 1 atom stereocenters. The summed E-state index contributed by atoms with van der Waals surface area (Å²) >= 11 is 0. The molecule has 0 aromatic heterocycles. The third-order valence-corrected chi connectivity index (χ3v) is 3.64. The van der Waals surface area contributed by atoms with E-state index in [0.717, 1.165) is 31.7 Å². The number of amides is 1. The van der Waals surface area contributed by atoms with Gasteiger partial charge >= 0.3 is 0 Å². The van der Waals surface area contributed by atoms with Crippen molar-refractivity contribution >= 4 is 5.91 Å². The molecule has 1 unspecified atom stereocenters. The standard InChI is InChI=1S/C15H22N2O2/c1-11(10-16)15(18)17(2)7-5-12-3-4-14-13(9-12)6-8-19-14/h3-4,9,11H,5-8,10,16H2,1-2H3. The van der Waals surface area contributed by atoms with Gasteiger partial charge in [0.15, 0.2) is 0 Å². The molecule has 1 aliphatic heterocycles. The molecule has 19 heavy (non-hydrogen) atoms. The van der Waals surface area contributed by atoms with Crippen molar-refractivity contribution in [1.29, 1.82) is 0 Å². The van der Waals surface area contributed by atoms with Gasteiger partial charge in [-0.3, -0.25) is 4.79 Å². The van der Waals surface area contributed by atoms with Crippen LogP contribution in [0, 0.1) is 5.92 Å². The second kappa shape index (κ2) is 6.06. The quantitative estimate of drug-likeness (QED) is 0.868. The van der Waals surface area contributed by atoms with Crippen LogP contribution in [-0.4, -0.2) is 37.6 Å². The number of ether oxygens (including phenoxy) is 1. The Morgan fingerprint density at radius 2 is 2.32 bits per heavy atom. The van der Waals surface area contributed by atoms with Crippen LogP contribution in [0.4, 0.5) is 0 Å². The van der Waals surface area contributed by atoms with Gasteiger partial charge in [-0.05, 0) is 23.6 Å². The fraction of sp³-hybridized carbons (Fsp3) is 0.533. The highest BCUT2D eigenvalue weighted by Gasteiger charge is 2.16. The number of hydrogen-bond acceptors (Lipinski definition) is 3. The van der Waals surface area contributed by atoms with Gasteiger partial charge in [0.05, 0.1) is 6.61 Å².